The smallest absolute Gasteiger partial charge is 0.310 e. The van der Waals surface area contributed by atoms with Crippen molar-refractivity contribution in [3.8, 4) is 5.75 Å². The SMILES string of the molecule is O=C1Nc2ccccc2C12COCC(n1cc(COc3ccccc3[N+](=O)[O-])nn1)C2. The van der Waals surface area contributed by atoms with Crippen molar-refractivity contribution in [3.63, 3.8) is 0 Å². The van der Waals surface area contributed by atoms with Crippen molar-refractivity contribution in [1.82, 2.24) is 15.0 Å². The molecule has 2 atom stereocenters. The fourth-order valence-electron chi connectivity index (χ4n) is 4.22. The van der Waals surface area contributed by atoms with Gasteiger partial charge in [-0.1, -0.05) is 35.5 Å². The summed E-state index contributed by atoms with van der Waals surface area (Å²) < 4.78 is 13.1. The van der Waals surface area contributed by atoms with E-state index in [1.54, 1.807) is 23.0 Å². The van der Waals surface area contributed by atoms with Crippen molar-refractivity contribution in [3.05, 3.63) is 76.1 Å². The largest absolute Gasteiger partial charge is 0.480 e. The third-order valence-electron chi connectivity index (χ3n) is 5.74. The van der Waals surface area contributed by atoms with Gasteiger partial charge >= 0.3 is 5.69 Å². The molecule has 0 radical (unpaired) electrons. The van der Waals surface area contributed by atoms with Gasteiger partial charge in [-0.15, -0.1) is 5.10 Å². The lowest BCUT2D eigenvalue weighted by atomic mass is 9.76. The third-order valence-corrected chi connectivity index (χ3v) is 5.74. The molecule has 1 spiro atoms. The zero-order valence-corrected chi connectivity index (χ0v) is 16.4. The molecule has 1 fully saturated rings. The number of rotatable bonds is 5. The van der Waals surface area contributed by atoms with Crippen molar-refractivity contribution < 1.29 is 19.2 Å². The molecule has 31 heavy (non-hydrogen) atoms. The summed E-state index contributed by atoms with van der Waals surface area (Å²) >= 11 is 0. The molecule has 1 saturated heterocycles. The van der Waals surface area contributed by atoms with Crippen LogP contribution in [0.3, 0.4) is 0 Å². The van der Waals surface area contributed by atoms with Crippen LogP contribution in [0.5, 0.6) is 5.75 Å². The second kappa shape index (κ2) is 7.47. The number of fused-ring (bicyclic) bond motifs is 2. The summed E-state index contributed by atoms with van der Waals surface area (Å²) in [4.78, 5) is 23.5. The van der Waals surface area contributed by atoms with Crippen molar-refractivity contribution >= 4 is 17.3 Å². The Morgan fingerprint density at radius 2 is 2.06 bits per heavy atom. The normalized spacial score (nSPS) is 22.2. The summed E-state index contributed by atoms with van der Waals surface area (Å²) in [7, 11) is 0. The molecule has 10 heteroatoms. The maximum atomic E-state index is 12.8. The number of benzene rings is 2. The molecule has 3 heterocycles. The fourth-order valence-corrected chi connectivity index (χ4v) is 4.22. The summed E-state index contributed by atoms with van der Waals surface area (Å²) in [6, 6.07) is 13.6. The van der Waals surface area contributed by atoms with Crippen LogP contribution in [-0.4, -0.2) is 39.0 Å². The second-order valence-electron chi connectivity index (χ2n) is 7.66. The molecule has 1 N–H and O–H groups in total. The molecular formula is C21H19N5O5. The number of carbonyl (C=O) groups is 1. The van der Waals surface area contributed by atoms with E-state index in [0.717, 1.165) is 11.3 Å². The molecule has 10 nitrogen and oxygen atoms in total. The number of ether oxygens (including phenoxy) is 2. The van der Waals surface area contributed by atoms with Crippen LogP contribution in [0.25, 0.3) is 0 Å². The molecule has 0 bridgehead atoms. The number of amides is 1. The Kier molecular flexibility index (Phi) is 4.63. The summed E-state index contributed by atoms with van der Waals surface area (Å²) in [6.07, 6.45) is 2.25. The number of nitro benzene ring substituents is 1. The number of para-hydroxylation sites is 3. The molecule has 5 rings (SSSR count). The number of nitro groups is 1. The van der Waals surface area contributed by atoms with Gasteiger partial charge in [0.1, 0.15) is 17.7 Å². The molecule has 3 aromatic rings. The van der Waals surface area contributed by atoms with Gasteiger partial charge in [-0.3, -0.25) is 14.9 Å². The highest BCUT2D eigenvalue weighted by atomic mass is 16.6. The molecule has 1 amide bonds. The number of nitrogens with one attached hydrogen (secondary N) is 1. The number of hydrogen-bond donors (Lipinski definition) is 1. The van der Waals surface area contributed by atoms with E-state index >= 15 is 0 Å². The van der Waals surface area contributed by atoms with Gasteiger partial charge in [-0.25, -0.2) is 4.68 Å². The highest BCUT2D eigenvalue weighted by Crippen LogP contribution is 2.45. The Labute approximate surface area is 176 Å². The second-order valence-corrected chi connectivity index (χ2v) is 7.66. The zero-order valence-electron chi connectivity index (χ0n) is 16.4. The van der Waals surface area contributed by atoms with E-state index in [9.17, 15) is 14.9 Å². The van der Waals surface area contributed by atoms with E-state index < -0.39 is 10.3 Å². The van der Waals surface area contributed by atoms with Crippen LogP contribution in [0.15, 0.2) is 54.7 Å². The predicted molar refractivity (Wildman–Crippen MR) is 109 cm³/mol. The van der Waals surface area contributed by atoms with Gasteiger partial charge in [0.15, 0.2) is 5.75 Å². The number of carbonyl (C=O) groups excluding carboxylic acids is 1. The first kappa shape index (κ1) is 19.2. The van der Waals surface area contributed by atoms with Crippen LogP contribution in [0.2, 0.25) is 0 Å². The summed E-state index contributed by atoms with van der Waals surface area (Å²) in [5.41, 5.74) is 1.41. The van der Waals surface area contributed by atoms with Crippen molar-refractivity contribution in [2.24, 2.45) is 0 Å². The van der Waals surface area contributed by atoms with Gasteiger partial charge in [0.2, 0.25) is 5.91 Å². The first-order chi connectivity index (χ1) is 15.1. The molecule has 0 aliphatic carbocycles. The van der Waals surface area contributed by atoms with Crippen LogP contribution in [-0.2, 0) is 21.6 Å². The van der Waals surface area contributed by atoms with Gasteiger partial charge < -0.3 is 14.8 Å². The average Bonchev–Trinajstić information content (AvgIpc) is 3.36. The highest BCUT2D eigenvalue weighted by Gasteiger charge is 2.50. The Balaban J connectivity index is 1.33. The summed E-state index contributed by atoms with van der Waals surface area (Å²) in [5, 5.41) is 22.4. The average molecular weight is 421 g/mol. The lowest BCUT2D eigenvalue weighted by Crippen LogP contribution is -2.46. The topological polar surface area (TPSA) is 121 Å². The van der Waals surface area contributed by atoms with E-state index in [2.05, 4.69) is 15.6 Å². The molecule has 0 saturated carbocycles. The number of aromatic nitrogens is 3. The van der Waals surface area contributed by atoms with Gasteiger partial charge in [0.05, 0.1) is 30.4 Å². The van der Waals surface area contributed by atoms with E-state index in [1.165, 1.54) is 12.1 Å². The van der Waals surface area contributed by atoms with Crippen LogP contribution in [0.1, 0.15) is 23.7 Å². The van der Waals surface area contributed by atoms with E-state index in [0.29, 0.717) is 25.3 Å². The van der Waals surface area contributed by atoms with Gasteiger partial charge in [0, 0.05) is 11.8 Å². The van der Waals surface area contributed by atoms with Gasteiger partial charge in [0.25, 0.3) is 0 Å². The molecule has 2 aliphatic heterocycles. The van der Waals surface area contributed by atoms with Crippen molar-refractivity contribution in [2.75, 3.05) is 18.5 Å². The minimum Gasteiger partial charge on any atom is -0.480 e. The van der Waals surface area contributed by atoms with Crippen molar-refractivity contribution in [2.45, 2.75) is 24.5 Å². The van der Waals surface area contributed by atoms with E-state index in [4.69, 9.17) is 9.47 Å². The van der Waals surface area contributed by atoms with Crippen LogP contribution in [0.4, 0.5) is 11.4 Å². The zero-order chi connectivity index (χ0) is 21.4. The molecule has 158 valence electrons. The monoisotopic (exact) mass is 421 g/mol. The molecule has 2 unspecified atom stereocenters. The van der Waals surface area contributed by atoms with E-state index in [1.807, 2.05) is 24.3 Å². The summed E-state index contributed by atoms with van der Waals surface area (Å²) in [5.74, 6) is 0.0969. The van der Waals surface area contributed by atoms with Crippen LogP contribution >= 0.6 is 0 Å². The minimum atomic E-state index is -0.757. The van der Waals surface area contributed by atoms with Crippen LogP contribution < -0.4 is 10.1 Å². The quantitative estimate of drug-likeness (QED) is 0.496. The Hall–Kier alpha value is -3.79. The maximum absolute atomic E-state index is 12.8. The molecule has 2 aromatic carbocycles. The number of anilines is 1. The minimum absolute atomic E-state index is 0.0346. The molecular weight excluding hydrogens is 402 g/mol. The Bertz CT molecular complexity index is 1160. The van der Waals surface area contributed by atoms with Gasteiger partial charge in [-0.2, -0.15) is 0 Å². The fraction of sp³-hybridized carbons (Fsp3) is 0.286. The lowest BCUT2D eigenvalue weighted by molar-refractivity contribution is -0.385. The maximum Gasteiger partial charge on any atom is 0.310 e. The lowest BCUT2D eigenvalue weighted by Gasteiger charge is -2.36. The third kappa shape index (κ3) is 3.30. The van der Waals surface area contributed by atoms with E-state index in [-0.39, 0.29) is 30.0 Å². The Morgan fingerprint density at radius 1 is 1.26 bits per heavy atom. The molecule has 2 aliphatic rings. The van der Waals surface area contributed by atoms with Gasteiger partial charge in [-0.05, 0) is 24.1 Å². The van der Waals surface area contributed by atoms with Crippen molar-refractivity contribution in [1.29, 1.82) is 0 Å². The number of nitrogens with zero attached hydrogens (tertiary/aromatic N) is 4. The first-order valence-corrected chi connectivity index (χ1v) is 9.82. The first-order valence-electron chi connectivity index (χ1n) is 9.82. The Morgan fingerprint density at radius 3 is 2.94 bits per heavy atom. The van der Waals surface area contributed by atoms with Crippen LogP contribution in [0, 0.1) is 10.1 Å². The molecule has 1 aromatic heterocycles. The predicted octanol–water partition coefficient (Wildman–Crippen LogP) is 2.62. The summed E-state index contributed by atoms with van der Waals surface area (Å²) in [6.45, 7) is 0.757. The standard InChI is InChI=1S/C21H19N5O5/c27-20-21(16-5-1-2-6-17(16)22-20)9-15(12-30-13-21)25-10-14(23-24-25)11-31-19-8-4-3-7-18(19)26(28)29/h1-8,10,15H,9,11-13H2,(H,22,27). The number of hydrogen-bond acceptors (Lipinski definition) is 7. The highest BCUT2D eigenvalue weighted by molar-refractivity contribution is 6.06.